The smallest absolute Gasteiger partial charge is 0.249 e. The Kier molecular flexibility index (Phi) is 4.36. The van der Waals surface area contributed by atoms with Gasteiger partial charge in [0.25, 0.3) is 0 Å². The Bertz CT molecular complexity index is 1040. The van der Waals surface area contributed by atoms with Crippen molar-refractivity contribution in [1.82, 2.24) is 14.6 Å². The Morgan fingerprint density at radius 2 is 2.12 bits per heavy atom. The quantitative estimate of drug-likeness (QED) is 0.789. The Hall–Kier alpha value is -3.78. The monoisotopic (exact) mass is 334 g/mol. The molecule has 1 N–H and O–H groups in total. The summed E-state index contributed by atoms with van der Waals surface area (Å²) in [7, 11) is 0. The van der Waals surface area contributed by atoms with Crippen LogP contribution < -0.4 is 5.32 Å². The van der Waals surface area contributed by atoms with E-state index in [4.69, 9.17) is 5.26 Å². The van der Waals surface area contributed by atoms with Crippen LogP contribution in [0.15, 0.2) is 36.5 Å². The zero-order valence-corrected chi connectivity index (χ0v) is 12.9. The summed E-state index contributed by atoms with van der Waals surface area (Å²) >= 11 is 0. The second kappa shape index (κ2) is 6.77. The number of hydrogen-bond donors (Lipinski definition) is 1. The van der Waals surface area contributed by atoms with Crippen LogP contribution in [0.5, 0.6) is 0 Å². The van der Waals surface area contributed by atoms with Gasteiger partial charge < -0.3 is 0 Å². The number of hydrogen-bond acceptors (Lipinski definition) is 5. The first kappa shape index (κ1) is 16.1. The molecule has 122 valence electrons. The number of pyridine rings is 1. The number of amides is 1. The number of carbonyl (C=O) groups is 1. The summed E-state index contributed by atoms with van der Waals surface area (Å²) in [5.74, 6) is -0.687. The molecular weight excluding hydrogens is 323 g/mol. The number of anilines is 1. The number of aromatic nitrogens is 3. The van der Waals surface area contributed by atoms with E-state index in [0.717, 1.165) is 0 Å². The molecule has 1 aromatic carbocycles. The van der Waals surface area contributed by atoms with Gasteiger partial charge in [0.05, 0.1) is 17.7 Å². The topological polar surface area (TPSA) is 107 Å². The summed E-state index contributed by atoms with van der Waals surface area (Å²) in [4.78, 5) is 15.8. The van der Waals surface area contributed by atoms with Crippen LogP contribution in [0.1, 0.15) is 18.4 Å². The highest BCUT2D eigenvalue weighted by Gasteiger charge is 2.11. The van der Waals surface area contributed by atoms with Crippen molar-refractivity contribution in [2.24, 2.45) is 0 Å². The summed E-state index contributed by atoms with van der Waals surface area (Å²) in [6.07, 6.45) is 1.77. The minimum Gasteiger partial charge on any atom is -0.293 e. The lowest BCUT2D eigenvalue weighted by Gasteiger charge is -2.04. The van der Waals surface area contributed by atoms with Crippen LogP contribution >= 0.6 is 0 Å². The summed E-state index contributed by atoms with van der Waals surface area (Å²) in [5.41, 5.74) is 1.86. The first-order chi connectivity index (χ1) is 12.1. The molecule has 2 heterocycles. The summed E-state index contributed by atoms with van der Waals surface area (Å²) < 4.78 is 14.9. The molecule has 3 aromatic rings. The summed E-state index contributed by atoms with van der Waals surface area (Å²) in [6.45, 7) is 0. The van der Waals surface area contributed by atoms with E-state index in [-0.39, 0.29) is 24.7 Å². The van der Waals surface area contributed by atoms with Gasteiger partial charge in [-0.05, 0) is 30.3 Å². The standard InChI is InChI=1S/C17H11FN6O/c18-13-5-3-11(9-20)14(8-13)12-4-6-15-21-17(23-24(15)10-12)22-16(25)2-1-7-19/h3-6,8,10H,1-2H2,(H,22,23,25). The van der Waals surface area contributed by atoms with Crippen molar-refractivity contribution in [2.45, 2.75) is 12.8 Å². The van der Waals surface area contributed by atoms with Gasteiger partial charge in [0.15, 0.2) is 5.65 Å². The molecule has 0 aliphatic heterocycles. The largest absolute Gasteiger partial charge is 0.293 e. The highest BCUT2D eigenvalue weighted by atomic mass is 19.1. The third kappa shape index (κ3) is 3.43. The maximum Gasteiger partial charge on any atom is 0.249 e. The van der Waals surface area contributed by atoms with Crippen LogP contribution in [-0.2, 0) is 4.79 Å². The predicted octanol–water partition coefficient (Wildman–Crippen LogP) is 2.65. The molecule has 0 spiro atoms. The molecule has 0 atom stereocenters. The van der Waals surface area contributed by atoms with Crippen LogP contribution in [0.3, 0.4) is 0 Å². The lowest BCUT2D eigenvalue weighted by atomic mass is 10.0. The van der Waals surface area contributed by atoms with Gasteiger partial charge in [0.1, 0.15) is 5.82 Å². The fourth-order valence-corrected chi connectivity index (χ4v) is 2.30. The highest BCUT2D eigenvalue weighted by Crippen LogP contribution is 2.25. The number of halogens is 1. The zero-order valence-electron chi connectivity index (χ0n) is 12.9. The number of rotatable bonds is 4. The van der Waals surface area contributed by atoms with E-state index in [0.29, 0.717) is 22.3 Å². The summed E-state index contributed by atoms with van der Waals surface area (Å²) in [6, 6.07) is 11.2. The van der Waals surface area contributed by atoms with Crippen molar-refractivity contribution in [3.05, 3.63) is 47.9 Å². The molecule has 3 rings (SSSR count). The molecule has 2 aromatic heterocycles. The van der Waals surface area contributed by atoms with Crippen molar-refractivity contribution in [1.29, 1.82) is 10.5 Å². The fraction of sp³-hybridized carbons (Fsp3) is 0.118. The number of fused-ring (bicyclic) bond motifs is 1. The molecule has 0 radical (unpaired) electrons. The van der Waals surface area contributed by atoms with E-state index in [2.05, 4.69) is 15.4 Å². The Balaban J connectivity index is 1.94. The maximum atomic E-state index is 13.5. The van der Waals surface area contributed by atoms with Crippen LogP contribution in [0, 0.1) is 28.5 Å². The first-order valence-electron chi connectivity index (χ1n) is 7.34. The van der Waals surface area contributed by atoms with E-state index in [1.807, 2.05) is 12.1 Å². The number of carbonyl (C=O) groups excluding carboxylic acids is 1. The van der Waals surface area contributed by atoms with Crippen molar-refractivity contribution < 1.29 is 9.18 Å². The van der Waals surface area contributed by atoms with Crippen molar-refractivity contribution in [3.8, 4) is 23.3 Å². The van der Waals surface area contributed by atoms with Gasteiger partial charge >= 0.3 is 0 Å². The van der Waals surface area contributed by atoms with Gasteiger partial charge in [-0.1, -0.05) is 0 Å². The van der Waals surface area contributed by atoms with Crippen molar-refractivity contribution >= 4 is 17.5 Å². The minimum atomic E-state index is -0.446. The Morgan fingerprint density at radius 3 is 2.88 bits per heavy atom. The highest BCUT2D eigenvalue weighted by molar-refractivity contribution is 5.89. The SMILES string of the molecule is N#CCCC(=O)Nc1nc2ccc(-c3cc(F)ccc3C#N)cn2n1. The van der Waals surface area contributed by atoms with E-state index < -0.39 is 5.82 Å². The van der Waals surface area contributed by atoms with Crippen LogP contribution in [0.4, 0.5) is 10.3 Å². The Morgan fingerprint density at radius 1 is 1.28 bits per heavy atom. The predicted molar refractivity (Wildman–Crippen MR) is 86.6 cm³/mol. The van der Waals surface area contributed by atoms with E-state index >= 15 is 0 Å². The lowest BCUT2D eigenvalue weighted by Crippen LogP contribution is -2.12. The number of nitrogens with zero attached hydrogens (tertiary/aromatic N) is 5. The fourth-order valence-electron chi connectivity index (χ4n) is 2.30. The van der Waals surface area contributed by atoms with Crippen LogP contribution in [0.25, 0.3) is 16.8 Å². The molecule has 0 aliphatic carbocycles. The van der Waals surface area contributed by atoms with Gasteiger partial charge in [0.2, 0.25) is 11.9 Å². The Labute approximate surface area is 142 Å². The third-order valence-corrected chi connectivity index (χ3v) is 3.46. The summed E-state index contributed by atoms with van der Waals surface area (Å²) in [5, 5.41) is 24.3. The molecule has 0 aliphatic rings. The van der Waals surface area contributed by atoms with Crippen LogP contribution in [-0.4, -0.2) is 20.5 Å². The molecule has 0 saturated carbocycles. The average molecular weight is 334 g/mol. The van der Waals surface area contributed by atoms with Gasteiger partial charge in [-0.2, -0.15) is 15.5 Å². The third-order valence-electron chi connectivity index (χ3n) is 3.46. The average Bonchev–Trinajstić information content (AvgIpc) is 3.01. The molecule has 25 heavy (non-hydrogen) atoms. The zero-order chi connectivity index (χ0) is 17.8. The van der Waals surface area contributed by atoms with Gasteiger partial charge in [-0.3, -0.25) is 10.1 Å². The van der Waals surface area contributed by atoms with Crippen LogP contribution in [0.2, 0.25) is 0 Å². The number of nitrogens with one attached hydrogen (secondary N) is 1. The van der Waals surface area contributed by atoms with E-state index in [1.54, 1.807) is 18.3 Å². The number of benzene rings is 1. The second-order valence-corrected chi connectivity index (χ2v) is 5.16. The minimum absolute atomic E-state index is 0.0616. The lowest BCUT2D eigenvalue weighted by molar-refractivity contribution is -0.116. The molecule has 7 nitrogen and oxygen atoms in total. The van der Waals surface area contributed by atoms with Crippen molar-refractivity contribution in [3.63, 3.8) is 0 Å². The van der Waals surface area contributed by atoms with E-state index in [1.165, 1.54) is 22.7 Å². The molecule has 0 bridgehead atoms. The van der Waals surface area contributed by atoms with E-state index in [9.17, 15) is 14.4 Å². The maximum absolute atomic E-state index is 13.5. The normalized spacial score (nSPS) is 10.2. The molecule has 0 fully saturated rings. The van der Waals surface area contributed by atoms with Gasteiger partial charge in [-0.25, -0.2) is 8.91 Å². The molecule has 1 amide bonds. The second-order valence-electron chi connectivity index (χ2n) is 5.16. The molecule has 0 unspecified atom stereocenters. The first-order valence-corrected chi connectivity index (χ1v) is 7.34. The van der Waals surface area contributed by atoms with Gasteiger partial charge in [0, 0.05) is 30.2 Å². The molecular formula is C17H11FN6O. The molecule has 0 saturated heterocycles. The van der Waals surface area contributed by atoms with Gasteiger partial charge in [-0.15, -0.1) is 5.10 Å². The number of nitriles is 2. The molecule has 8 heteroatoms. The van der Waals surface area contributed by atoms with Crippen molar-refractivity contribution in [2.75, 3.05) is 5.32 Å².